The largest absolute Gasteiger partial charge is 0.669 e. The molecule has 0 saturated heterocycles. The van der Waals surface area contributed by atoms with Gasteiger partial charge in [-0.15, -0.1) is 22.9 Å². The van der Waals surface area contributed by atoms with Crippen molar-refractivity contribution in [2.75, 3.05) is 0 Å². The number of nitrogens with zero attached hydrogens (tertiary/aromatic N) is 4. The van der Waals surface area contributed by atoms with Gasteiger partial charge in [-0.2, -0.15) is 0 Å². The van der Waals surface area contributed by atoms with Gasteiger partial charge in [-0.3, -0.25) is 0 Å². The quantitative estimate of drug-likeness (QED) is 0.127. The standard InChI is InChI=1S/C38H20N2O2.2C14H8N.2Pt/c1-7-15-33-25(9-1)17-19-39-37(33)41-35-23-29(21-27-11-3-5-13-31(27)35)30-22-28-12-4-6-14-32(28)36(24-30)42-38-34-16-8-2-10-26(34)18-20-40-38;2*1-2-15-13-9-5-3-7-11(13)12-8-4-6-10-14(12)15;;/h1-20H;2*3-10H;;/q-4;2*-1;;. The van der Waals surface area contributed by atoms with E-state index in [0.717, 1.165) is 65.2 Å². The summed E-state index contributed by atoms with van der Waals surface area (Å²) < 4.78 is 16.5. The maximum atomic E-state index is 7.34. The fraction of sp³-hybridized carbons (Fsp3) is 0. The van der Waals surface area contributed by atoms with Gasteiger partial charge in [0.25, 0.3) is 0 Å². The third-order valence-corrected chi connectivity index (χ3v) is 12.6. The SMILES string of the molecule is [C-]#Cn1c2ccccc2c2ccccc21.[C-]#Cn1c2ccccc2c2ccccc21.[Pt].[Pt].[c-]1c(-c2[c-]c(Oc3nccc4ccccc34)c3ccccc3[c-]2)[c-]c2ccccc2c1Oc1nccc2ccccc12. The summed E-state index contributed by atoms with van der Waals surface area (Å²) in [7, 11) is 0. The van der Waals surface area contributed by atoms with Crippen LogP contribution in [0.5, 0.6) is 23.3 Å². The Hall–Kier alpha value is -8.76. The molecule has 0 bridgehead atoms. The molecule has 0 spiro atoms. The van der Waals surface area contributed by atoms with Gasteiger partial charge in [0, 0.05) is 86.8 Å². The molecule has 6 nitrogen and oxygen atoms in total. The molecular formula is C66H36N4O2Pt2-6. The van der Waals surface area contributed by atoms with Gasteiger partial charge >= 0.3 is 0 Å². The molecule has 4 heterocycles. The molecular weight excluding hydrogens is 1270 g/mol. The van der Waals surface area contributed by atoms with Crippen molar-refractivity contribution in [1.29, 1.82) is 0 Å². The van der Waals surface area contributed by atoms with Crippen molar-refractivity contribution in [1.82, 2.24) is 19.1 Å². The van der Waals surface area contributed by atoms with E-state index in [-0.39, 0.29) is 42.1 Å². The smallest absolute Gasteiger partial charge is 0.223 e. The molecule has 0 radical (unpaired) electrons. The van der Waals surface area contributed by atoms with E-state index in [0.29, 0.717) is 34.4 Å². The number of fused-ring (bicyclic) bond motifs is 10. The summed E-state index contributed by atoms with van der Waals surface area (Å²) in [5.41, 5.74) is 5.46. The van der Waals surface area contributed by atoms with Crippen molar-refractivity contribution in [3.63, 3.8) is 0 Å². The molecule has 74 heavy (non-hydrogen) atoms. The molecule has 0 unspecified atom stereocenters. The normalized spacial score (nSPS) is 10.7. The van der Waals surface area contributed by atoms with Crippen LogP contribution in [0, 0.1) is 49.2 Å². The molecule has 0 aliphatic heterocycles. The molecule has 0 aliphatic rings. The van der Waals surface area contributed by atoms with E-state index in [1.54, 1.807) is 21.5 Å². The first-order chi connectivity index (χ1) is 35.6. The van der Waals surface area contributed by atoms with Crippen molar-refractivity contribution in [3.8, 4) is 46.5 Å². The van der Waals surface area contributed by atoms with Crippen molar-refractivity contribution in [2.24, 2.45) is 0 Å². The molecule has 0 N–H and O–H groups in total. The van der Waals surface area contributed by atoms with Crippen LogP contribution in [-0.2, 0) is 42.1 Å². The zero-order chi connectivity index (χ0) is 48.4. The van der Waals surface area contributed by atoms with E-state index in [2.05, 4.69) is 70.6 Å². The molecule has 358 valence electrons. The maximum absolute atomic E-state index is 7.34. The Morgan fingerprint density at radius 3 is 0.986 bits per heavy atom. The first-order valence-electron chi connectivity index (χ1n) is 23.2. The Morgan fingerprint density at radius 2 is 0.635 bits per heavy atom. The van der Waals surface area contributed by atoms with Crippen LogP contribution in [0.25, 0.3) is 97.8 Å². The van der Waals surface area contributed by atoms with Gasteiger partial charge in [-0.25, -0.2) is 32.8 Å². The summed E-state index contributed by atoms with van der Waals surface area (Å²) in [5.74, 6) is 2.14. The third kappa shape index (κ3) is 9.19. The number of benzene rings is 10. The Bertz CT molecular complexity index is 4070. The fourth-order valence-corrected chi connectivity index (χ4v) is 9.31. The van der Waals surface area contributed by atoms with Gasteiger partial charge in [0.2, 0.25) is 11.8 Å². The summed E-state index contributed by atoms with van der Waals surface area (Å²) in [6, 6.07) is 87.1. The number of hydrogen-bond acceptors (Lipinski definition) is 4. The van der Waals surface area contributed by atoms with Crippen molar-refractivity contribution < 1.29 is 51.6 Å². The van der Waals surface area contributed by atoms with Gasteiger partial charge < -0.3 is 66.8 Å². The molecule has 0 fully saturated rings. The van der Waals surface area contributed by atoms with E-state index in [1.807, 2.05) is 182 Å². The van der Waals surface area contributed by atoms with Crippen molar-refractivity contribution in [2.45, 2.75) is 0 Å². The zero-order valence-electron chi connectivity index (χ0n) is 39.0. The predicted octanol–water partition coefficient (Wildman–Crippen LogP) is 15.9. The van der Waals surface area contributed by atoms with E-state index in [4.69, 9.17) is 22.3 Å². The minimum Gasteiger partial charge on any atom is -0.669 e. The van der Waals surface area contributed by atoms with Crippen LogP contribution in [-0.4, -0.2) is 19.1 Å². The Kier molecular flexibility index (Phi) is 14.2. The number of aromatic nitrogens is 4. The summed E-state index contributed by atoms with van der Waals surface area (Å²) in [4.78, 5) is 9.09. The summed E-state index contributed by atoms with van der Waals surface area (Å²) >= 11 is 0. The van der Waals surface area contributed by atoms with Crippen LogP contribution < -0.4 is 9.47 Å². The molecule has 8 heteroatoms. The van der Waals surface area contributed by atoms with E-state index < -0.39 is 0 Å². The first kappa shape index (κ1) is 48.8. The maximum Gasteiger partial charge on any atom is 0.223 e. The van der Waals surface area contributed by atoms with E-state index in [1.165, 1.54) is 21.5 Å². The Balaban J connectivity index is 0.000000159. The average molecular weight is 1310 g/mol. The summed E-state index contributed by atoms with van der Waals surface area (Å²) in [6.45, 7) is 0. The van der Waals surface area contributed by atoms with Crippen LogP contribution >= 0.6 is 0 Å². The van der Waals surface area contributed by atoms with Gasteiger partial charge in [0.1, 0.15) is 0 Å². The van der Waals surface area contributed by atoms with E-state index in [9.17, 15) is 0 Å². The van der Waals surface area contributed by atoms with Crippen LogP contribution in [0.4, 0.5) is 0 Å². The van der Waals surface area contributed by atoms with Crippen LogP contribution in [0.3, 0.4) is 0 Å². The second kappa shape index (κ2) is 21.5. The number of hydrogen-bond donors (Lipinski definition) is 0. The monoisotopic (exact) mass is 1310 g/mol. The van der Waals surface area contributed by atoms with E-state index >= 15 is 0 Å². The van der Waals surface area contributed by atoms with Gasteiger partial charge in [0.15, 0.2) is 0 Å². The molecule has 0 aliphatic carbocycles. The number of ether oxygens (including phenoxy) is 2. The second-order valence-electron chi connectivity index (χ2n) is 16.8. The van der Waals surface area contributed by atoms with Crippen LogP contribution in [0.15, 0.2) is 219 Å². The first-order valence-corrected chi connectivity index (χ1v) is 23.2. The number of para-hydroxylation sites is 4. The van der Waals surface area contributed by atoms with Crippen LogP contribution in [0.2, 0.25) is 0 Å². The van der Waals surface area contributed by atoms with Gasteiger partial charge in [0.05, 0.1) is 22.1 Å². The minimum atomic E-state index is 0. The van der Waals surface area contributed by atoms with Gasteiger partial charge in [-0.05, 0) is 59.3 Å². The summed E-state index contributed by atoms with van der Waals surface area (Å²) in [5, 5.41) is 12.2. The molecule has 10 aromatic carbocycles. The topological polar surface area (TPSA) is 54.1 Å². The zero-order valence-corrected chi connectivity index (χ0v) is 43.6. The average Bonchev–Trinajstić information content (AvgIpc) is 3.95. The van der Waals surface area contributed by atoms with Crippen molar-refractivity contribution in [3.05, 3.63) is 256 Å². The third-order valence-electron chi connectivity index (χ3n) is 12.6. The Morgan fingerprint density at radius 1 is 0.338 bits per heavy atom. The minimum absolute atomic E-state index is 0. The molecule has 0 atom stereocenters. The van der Waals surface area contributed by atoms with Crippen molar-refractivity contribution >= 4 is 86.7 Å². The molecule has 0 saturated carbocycles. The summed E-state index contributed by atoms with van der Waals surface area (Å²) in [6.07, 6.45) is 18.2. The number of pyridine rings is 2. The van der Waals surface area contributed by atoms with Crippen LogP contribution in [0.1, 0.15) is 0 Å². The molecule has 4 aromatic heterocycles. The fourth-order valence-electron chi connectivity index (χ4n) is 9.31. The molecule has 14 rings (SSSR count). The second-order valence-corrected chi connectivity index (χ2v) is 16.8. The van der Waals surface area contributed by atoms with Gasteiger partial charge in [-0.1, -0.05) is 157 Å². The molecule has 0 amide bonds. The Labute approximate surface area is 456 Å². The predicted molar refractivity (Wildman–Crippen MR) is 290 cm³/mol. The number of rotatable bonds is 5. The molecule has 14 aromatic rings.